The fourth-order valence-corrected chi connectivity index (χ4v) is 3.69. The maximum absolute atomic E-state index is 12.2. The Labute approximate surface area is 124 Å². The van der Waals surface area contributed by atoms with Crippen molar-refractivity contribution in [2.75, 3.05) is 20.8 Å². The minimum Gasteiger partial charge on any atom is -0.493 e. The van der Waals surface area contributed by atoms with E-state index < -0.39 is 5.97 Å². The van der Waals surface area contributed by atoms with E-state index in [1.54, 1.807) is 14.2 Å². The zero-order valence-corrected chi connectivity index (χ0v) is 12.3. The summed E-state index contributed by atoms with van der Waals surface area (Å²) in [5.41, 5.74) is 0.863. The van der Waals surface area contributed by atoms with Gasteiger partial charge in [-0.1, -0.05) is 0 Å². The lowest BCUT2D eigenvalue weighted by Gasteiger charge is -2.13. The Bertz CT molecular complexity index is 751. The van der Waals surface area contributed by atoms with Crippen LogP contribution < -0.4 is 9.47 Å². The Morgan fingerprint density at radius 2 is 2.00 bits per heavy atom. The van der Waals surface area contributed by atoms with Crippen LogP contribution in [0.15, 0.2) is 12.1 Å². The van der Waals surface area contributed by atoms with Gasteiger partial charge >= 0.3 is 5.97 Å². The van der Waals surface area contributed by atoms with Gasteiger partial charge in [0.25, 0.3) is 5.91 Å². The molecule has 0 bridgehead atoms. The number of amides is 1. The molecule has 1 aromatic heterocycles. The summed E-state index contributed by atoms with van der Waals surface area (Å²) in [6.07, 6.45) is 0. The molecule has 0 fully saturated rings. The molecule has 3 rings (SSSR count). The Hall–Kier alpha value is -2.28. The average molecular weight is 307 g/mol. The standard InChI is InChI=1S/C14H13NO5S/c1-19-9-3-7-8-5-15(6-12(16)17)14(18)13(8)21-11(7)4-10(9)20-2/h3-4H,5-6H2,1-2H3,(H,16,17). The highest BCUT2D eigenvalue weighted by atomic mass is 32.1. The third-order valence-electron chi connectivity index (χ3n) is 3.45. The van der Waals surface area contributed by atoms with Gasteiger partial charge in [-0.3, -0.25) is 9.59 Å². The molecule has 7 heteroatoms. The molecule has 0 saturated carbocycles. The molecule has 1 aliphatic rings. The third kappa shape index (κ3) is 2.09. The summed E-state index contributed by atoms with van der Waals surface area (Å²) in [7, 11) is 3.11. The minimum atomic E-state index is -1.01. The van der Waals surface area contributed by atoms with Crippen molar-refractivity contribution < 1.29 is 24.2 Å². The number of carbonyl (C=O) groups is 2. The van der Waals surface area contributed by atoms with E-state index in [1.165, 1.54) is 16.2 Å². The Morgan fingerprint density at radius 3 is 2.62 bits per heavy atom. The van der Waals surface area contributed by atoms with Gasteiger partial charge in [-0.25, -0.2) is 0 Å². The monoisotopic (exact) mass is 307 g/mol. The van der Waals surface area contributed by atoms with E-state index in [0.29, 0.717) is 22.9 Å². The first-order valence-corrected chi connectivity index (χ1v) is 7.05. The molecule has 1 aliphatic heterocycles. The van der Waals surface area contributed by atoms with E-state index in [2.05, 4.69) is 0 Å². The Kier molecular flexibility index (Phi) is 3.21. The number of fused-ring (bicyclic) bond motifs is 3. The quantitative estimate of drug-likeness (QED) is 0.934. The van der Waals surface area contributed by atoms with E-state index in [-0.39, 0.29) is 12.5 Å². The average Bonchev–Trinajstić information content (AvgIpc) is 2.94. The van der Waals surface area contributed by atoms with Crippen molar-refractivity contribution in [2.24, 2.45) is 0 Å². The minimum absolute atomic E-state index is 0.230. The molecule has 0 unspecified atom stereocenters. The summed E-state index contributed by atoms with van der Waals surface area (Å²) < 4.78 is 11.5. The summed E-state index contributed by atoms with van der Waals surface area (Å²) in [5, 5.41) is 9.76. The smallest absolute Gasteiger partial charge is 0.323 e. The van der Waals surface area contributed by atoms with Gasteiger partial charge in [0.05, 0.1) is 19.1 Å². The van der Waals surface area contributed by atoms with Gasteiger partial charge in [-0.2, -0.15) is 0 Å². The SMILES string of the molecule is COc1cc2sc3c(c2cc1OC)CN(CC(=O)O)C3=O. The summed E-state index contributed by atoms with van der Waals surface area (Å²) in [6.45, 7) is 0.0327. The first-order chi connectivity index (χ1) is 10.0. The van der Waals surface area contributed by atoms with Crippen LogP contribution in [0.2, 0.25) is 0 Å². The van der Waals surface area contributed by atoms with E-state index in [0.717, 1.165) is 15.6 Å². The lowest BCUT2D eigenvalue weighted by atomic mass is 10.1. The number of carbonyl (C=O) groups excluding carboxylic acids is 1. The third-order valence-corrected chi connectivity index (χ3v) is 4.64. The number of aliphatic carboxylic acids is 1. The number of carboxylic acids is 1. The topological polar surface area (TPSA) is 76.1 Å². The van der Waals surface area contributed by atoms with E-state index in [9.17, 15) is 9.59 Å². The molecular formula is C14H13NO5S. The van der Waals surface area contributed by atoms with Crippen LogP contribution in [0.3, 0.4) is 0 Å². The lowest BCUT2D eigenvalue weighted by Crippen LogP contribution is -2.29. The van der Waals surface area contributed by atoms with Gasteiger partial charge < -0.3 is 19.5 Å². The highest BCUT2D eigenvalue weighted by molar-refractivity contribution is 7.21. The van der Waals surface area contributed by atoms with Gasteiger partial charge in [0.1, 0.15) is 6.54 Å². The maximum atomic E-state index is 12.2. The molecule has 2 aromatic rings. The van der Waals surface area contributed by atoms with Gasteiger partial charge in [-0.05, 0) is 6.07 Å². The summed E-state index contributed by atoms with van der Waals surface area (Å²) >= 11 is 1.35. The predicted molar refractivity (Wildman–Crippen MR) is 77.3 cm³/mol. The van der Waals surface area contributed by atoms with Crippen LogP contribution in [0.4, 0.5) is 0 Å². The number of methoxy groups -OCH3 is 2. The number of ether oxygens (including phenoxy) is 2. The molecule has 1 aromatic carbocycles. The molecule has 0 saturated heterocycles. The fourth-order valence-electron chi connectivity index (χ4n) is 2.50. The second-order valence-corrected chi connectivity index (χ2v) is 5.72. The van der Waals surface area contributed by atoms with E-state index in [1.807, 2.05) is 12.1 Å². The van der Waals surface area contributed by atoms with Crippen LogP contribution in [0.25, 0.3) is 10.1 Å². The van der Waals surface area contributed by atoms with E-state index >= 15 is 0 Å². The molecule has 1 N–H and O–H groups in total. The number of hydrogen-bond acceptors (Lipinski definition) is 5. The molecule has 1 amide bonds. The second-order valence-electron chi connectivity index (χ2n) is 4.67. The van der Waals surface area contributed by atoms with Crippen molar-refractivity contribution in [3.8, 4) is 11.5 Å². The van der Waals surface area contributed by atoms with Crippen molar-refractivity contribution in [1.29, 1.82) is 0 Å². The van der Waals surface area contributed by atoms with Crippen LogP contribution in [0.5, 0.6) is 11.5 Å². The number of thiophene rings is 1. The van der Waals surface area contributed by atoms with Gasteiger partial charge in [0.15, 0.2) is 11.5 Å². The summed E-state index contributed by atoms with van der Waals surface area (Å²) in [6, 6.07) is 3.67. The molecule has 0 aliphatic carbocycles. The molecule has 0 radical (unpaired) electrons. The molecular weight excluding hydrogens is 294 g/mol. The Balaban J connectivity index is 2.09. The molecule has 0 atom stereocenters. The molecule has 2 heterocycles. The van der Waals surface area contributed by atoms with E-state index in [4.69, 9.17) is 14.6 Å². The van der Waals surface area contributed by atoms with Crippen molar-refractivity contribution >= 4 is 33.3 Å². The molecule has 110 valence electrons. The van der Waals surface area contributed by atoms with Crippen LogP contribution in [-0.2, 0) is 11.3 Å². The molecule has 21 heavy (non-hydrogen) atoms. The van der Waals surface area contributed by atoms with Gasteiger partial charge in [0.2, 0.25) is 0 Å². The van der Waals surface area contributed by atoms with Crippen molar-refractivity contribution in [3.63, 3.8) is 0 Å². The normalized spacial score (nSPS) is 13.6. The highest BCUT2D eigenvalue weighted by Crippen LogP contribution is 2.42. The summed E-state index contributed by atoms with van der Waals surface area (Å²) in [5.74, 6) is -0.0388. The van der Waals surface area contributed by atoms with Crippen LogP contribution in [0, 0.1) is 0 Å². The number of rotatable bonds is 4. The van der Waals surface area contributed by atoms with Gasteiger partial charge in [0, 0.05) is 28.3 Å². The number of nitrogens with zero attached hydrogens (tertiary/aromatic N) is 1. The molecule has 6 nitrogen and oxygen atoms in total. The maximum Gasteiger partial charge on any atom is 0.323 e. The van der Waals surface area contributed by atoms with Crippen molar-refractivity contribution in [3.05, 3.63) is 22.6 Å². The Morgan fingerprint density at radius 1 is 1.33 bits per heavy atom. The first-order valence-electron chi connectivity index (χ1n) is 6.23. The zero-order valence-electron chi connectivity index (χ0n) is 11.5. The zero-order chi connectivity index (χ0) is 15.1. The van der Waals surface area contributed by atoms with Gasteiger partial charge in [-0.15, -0.1) is 11.3 Å². The summed E-state index contributed by atoms with van der Waals surface area (Å²) in [4.78, 5) is 24.9. The molecule has 0 spiro atoms. The fraction of sp³-hybridized carbons (Fsp3) is 0.286. The van der Waals surface area contributed by atoms with Crippen molar-refractivity contribution in [2.45, 2.75) is 6.54 Å². The highest BCUT2D eigenvalue weighted by Gasteiger charge is 2.33. The number of benzene rings is 1. The predicted octanol–water partition coefficient (Wildman–Crippen LogP) is 1.96. The van der Waals surface area contributed by atoms with Crippen LogP contribution in [0.1, 0.15) is 15.2 Å². The first kappa shape index (κ1) is 13.7. The largest absolute Gasteiger partial charge is 0.493 e. The second kappa shape index (κ2) is 4.92. The lowest BCUT2D eigenvalue weighted by molar-refractivity contribution is -0.137. The number of hydrogen-bond donors (Lipinski definition) is 1. The van der Waals surface area contributed by atoms with Crippen molar-refractivity contribution in [1.82, 2.24) is 4.90 Å². The number of carboxylic acid groups (broad SMARTS) is 1. The van der Waals surface area contributed by atoms with Crippen LogP contribution >= 0.6 is 11.3 Å². The van der Waals surface area contributed by atoms with Crippen LogP contribution in [-0.4, -0.2) is 42.6 Å².